The molecule has 3 rings (SSSR count). The number of nitrogens with zero attached hydrogens (tertiary/aromatic N) is 2. The standard InChI is InChI=1S/C20H19N3O4/c1-13-18(21-15-10-6-7-11-17(15)23(13)26)19(24)22-16(20(25)27-2)12-14-8-4-3-5-9-14/h3-11,16H,12H2,1-2H3,(H,22,24)/t16-/m0/s1. The van der Waals surface area contributed by atoms with Crippen molar-refractivity contribution < 1.29 is 19.1 Å². The summed E-state index contributed by atoms with van der Waals surface area (Å²) in [5, 5.41) is 15.1. The van der Waals surface area contributed by atoms with Crippen LogP contribution in [0.25, 0.3) is 11.0 Å². The number of aromatic nitrogens is 2. The van der Waals surface area contributed by atoms with Gasteiger partial charge in [-0.25, -0.2) is 9.78 Å². The van der Waals surface area contributed by atoms with Gasteiger partial charge in [0.1, 0.15) is 11.6 Å². The van der Waals surface area contributed by atoms with E-state index in [0.29, 0.717) is 15.8 Å². The lowest BCUT2D eigenvalue weighted by molar-refractivity contribution is -0.584. The van der Waals surface area contributed by atoms with Gasteiger partial charge < -0.3 is 15.3 Å². The number of para-hydroxylation sites is 2. The maximum atomic E-state index is 12.7. The van der Waals surface area contributed by atoms with Crippen LogP contribution in [0.1, 0.15) is 21.7 Å². The number of hydrogen-bond acceptors (Lipinski definition) is 5. The Kier molecular flexibility index (Phi) is 5.30. The van der Waals surface area contributed by atoms with Crippen LogP contribution in [-0.2, 0) is 16.0 Å². The fourth-order valence-electron chi connectivity index (χ4n) is 2.84. The van der Waals surface area contributed by atoms with E-state index in [0.717, 1.165) is 5.56 Å². The molecule has 0 radical (unpaired) electrons. The summed E-state index contributed by atoms with van der Waals surface area (Å²) < 4.78 is 5.47. The lowest BCUT2D eigenvalue weighted by Crippen LogP contribution is -2.45. The van der Waals surface area contributed by atoms with Gasteiger partial charge in [-0.3, -0.25) is 4.79 Å². The molecule has 0 unspecified atom stereocenters. The molecule has 1 heterocycles. The Bertz CT molecular complexity index is 989. The summed E-state index contributed by atoms with van der Waals surface area (Å²) in [4.78, 5) is 29.2. The molecule has 27 heavy (non-hydrogen) atoms. The van der Waals surface area contributed by atoms with Crippen LogP contribution in [0.15, 0.2) is 54.6 Å². The van der Waals surface area contributed by atoms with Crippen molar-refractivity contribution in [2.45, 2.75) is 19.4 Å². The highest BCUT2D eigenvalue weighted by Gasteiger charge is 2.27. The monoisotopic (exact) mass is 365 g/mol. The molecule has 1 aromatic heterocycles. The maximum absolute atomic E-state index is 12.7. The number of methoxy groups -OCH3 is 1. The molecule has 0 bridgehead atoms. The maximum Gasteiger partial charge on any atom is 0.328 e. The van der Waals surface area contributed by atoms with Crippen molar-refractivity contribution in [2.24, 2.45) is 0 Å². The van der Waals surface area contributed by atoms with E-state index in [1.165, 1.54) is 14.0 Å². The molecular formula is C20H19N3O4. The van der Waals surface area contributed by atoms with Crippen molar-refractivity contribution in [1.82, 2.24) is 10.3 Å². The minimum absolute atomic E-state index is 0.0225. The summed E-state index contributed by atoms with van der Waals surface area (Å²) in [7, 11) is 1.26. The molecule has 7 heteroatoms. The van der Waals surface area contributed by atoms with E-state index in [9.17, 15) is 14.8 Å². The topological polar surface area (TPSA) is 95.2 Å². The fourth-order valence-corrected chi connectivity index (χ4v) is 2.84. The Balaban J connectivity index is 1.90. The SMILES string of the molecule is COC(=O)[C@H](Cc1ccccc1)NC(=O)c1nc2ccccc2[n+]([O-])c1C. The lowest BCUT2D eigenvalue weighted by Gasteiger charge is -2.17. The van der Waals surface area contributed by atoms with E-state index in [-0.39, 0.29) is 17.8 Å². The molecule has 0 saturated carbocycles. The molecule has 138 valence electrons. The van der Waals surface area contributed by atoms with E-state index < -0.39 is 17.9 Å². The zero-order valence-corrected chi connectivity index (χ0v) is 15.0. The predicted molar refractivity (Wildman–Crippen MR) is 98.9 cm³/mol. The number of amides is 1. The molecule has 1 atom stereocenters. The normalized spacial score (nSPS) is 11.8. The van der Waals surface area contributed by atoms with Crippen LogP contribution in [0.5, 0.6) is 0 Å². The number of ether oxygens (including phenoxy) is 1. The van der Waals surface area contributed by atoms with E-state index in [1.807, 2.05) is 30.3 Å². The summed E-state index contributed by atoms with van der Waals surface area (Å²) in [6, 6.07) is 15.1. The molecule has 0 aliphatic rings. The van der Waals surface area contributed by atoms with E-state index in [4.69, 9.17) is 4.74 Å². The second-order valence-electron chi connectivity index (χ2n) is 6.07. The molecule has 1 N–H and O–H groups in total. The van der Waals surface area contributed by atoms with Gasteiger partial charge in [0.15, 0.2) is 5.69 Å². The molecule has 0 aliphatic heterocycles. The predicted octanol–water partition coefficient (Wildman–Crippen LogP) is 1.69. The van der Waals surface area contributed by atoms with Gasteiger partial charge in [0, 0.05) is 19.4 Å². The van der Waals surface area contributed by atoms with Crippen molar-refractivity contribution in [3.05, 3.63) is 76.8 Å². The van der Waals surface area contributed by atoms with Crippen LogP contribution in [0.2, 0.25) is 0 Å². The summed E-state index contributed by atoms with van der Waals surface area (Å²) in [6.45, 7) is 1.52. The Morgan fingerprint density at radius 2 is 1.81 bits per heavy atom. The van der Waals surface area contributed by atoms with Gasteiger partial charge in [0.2, 0.25) is 11.2 Å². The Hall–Kier alpha value is -3.48. The summed E-state index contributed by atoms with van der Waals surface area (Å²) in [5.74, 6) is -1.17. The third kappa shape index (κ3) is 3.87. The first-order valence-electron chi connectivity index (χ1n) is 8.42. The van der Waals surface area contributed by atoms with Gasteiger partial charge >= 0.3 is 5.97 Å². The zero-order chi connectivity index (χ0) is 19.4. The number of rotatable bonds is 5. The third-order valence-electron chi connectivity index (χ3n) is 4.27. The van der Waals surface area contributed by atoms with Crippen LogP contribution < -0.4 is 10.0 Å². The average molecular weight is 365 g/mol. The quantitative estimate of drug-likeness (QED) is 0.422. The molecule has 3 aromatic rings. The number of hydrogen-bond donors (Lipinski definition) is 1. The van der Waals surface area contributed by atoms with Crippen LogP contribution in [0.3, 0.4) is 0 Å². The Morgan fingerprint density at radius 3 is 2.52 bits per heavy atom. The summed E-state index contributed by atoms with van der Waals surface area (Å²) in [5.41, 5.74) is 1.79. The van der Waals surface area contributed by atoms with E-state index >= 15 is 0 Å². The second kappa shape index (κ2) is 7.82. The number of benzene rings is 2. The highest BCUT2D eigenvalue weighted by atomic mass is 16.5. The molecular weight excluding hydrogens is 346 g/mol. The average Bonchev–Trinajstić information content (AvgIpc) is 2.70. The van der Waals surface area contributed by atoms with Gasteiger partial charge in [-0.2, -0.15) is 4.73 Å². The Morgan fingerprint density at radius 1 is 1.15 bits per heavy atom. The highest BCUT2D eigenvalue weighted by molar-refractivity contribution is 5.96. The van der Waals surface area contributed by atoms with Crippen LogP contribution in [0.4, 0.5) is 0 Å². The number of nitrogens with one attached hydrogen (secondary N) is 1. The second-order valence-corrected chi connectivity index (χ2v) is 6.07. The number of fused-ring (bicyclic) bond motifs is 1. The molecule has 1 amide bonds. The molecule has 0 aliphatic carbocycles. The molecule has 0 fully saturated rings. The van der Waals surface area contributed by atoms with Gasteiger partial charge in [-0.05, 0) is 11.6 Å². The molecule has 7 nitrogen and oxygen atoms in total. The van der Waals surface area contributed by atoms with Crippen molar-refractivity contribution in [3.63, 3.8) is 0 Å². The summed E-state index contributed by atoms with van der Waals surface area (Å²) in [6.07, 6.45) is 0.267. The zero-order valence-electron chi connectivity index (χ0n) is 15.0. The Labute approximate surface area is 156 Å². The summed E-state index contributed by atoms with van der Waals surface area (Å²) >= 11 is 0. The number of esters is 1. The van der Waals surface area contributed by atoms with Gasteiger partial charge in [-0.15, -0.1) is 0 Å². The molecule has 0 spiro atoms. The van der Waals surface area contributed by atoms with Gasteiger partial charge in [0.25, 0.3) is 5.91 Å². The minimum Gasteiger partial charge on any atom is -0.618 e. The largest absolute Gasteiger partial charge is 0.618 e. The molecule has 0 saturated heterocycles. The van der Waals surface area contributed by atoms with Crippen molar-refractivity contribution in [2.75, 3.05) is 7.11 Å². The van der Waals surface area contributed by atoms with E-state index in [2.05, 4.69) is 10.3 Å². The molecule has 2 aromatic carbocycles. The number of carbonyl (C=O) groups excluding carboxylic acids is 2. The van der Waals surface area contributed by atoms with Crippen molar-refractivity contribution in [1.29, 1.82) is 0 Å². The smallest absolute Gasteiger partial charge is 0.328 e. The fraction of sp³-hybridized carbons (Fsp3) is 0.200. The van der Waals surface area contributed by atoms with Crippen LogP contribution >= 0.6 is 0 Å². The van der Waals surface area contributed by atoms with Crippen molar-refractivity contribution >= 4 is 22.9 Å². The first-order valence-corrected chi connectivity index (χ1v) is 8.42. The number of carbonyl (C=O) groups is 2. The highest BCUT2D eigenvalue weighted by Crippen LogP contribution is 2.11. The third-order valence-corrected chi connectivity index (χ3v) is 4.27. The van der Waals surface area contributed by atoms with Gasteiger partial charge in [-0.1, -0.05) is 42.5 Å². The van der Waals surface area contributed by atoms with Gasteiger partial charge in [0.05, 0.1) is 7.11 Å². The first kappa shape index (κ1) is 18.3. The van der Waals surface area contributed by atoms with Crippen LogP contribution in [-0.4, -0.2) is 30.0 Å². The van der Waals surface area contributed by atoms with E-state index in [1.54, 1.807) is 24.3 Å². The van der Waals surface area contributed by atoms with Crippen LogP contribution in [0, 0.1) is 12.1 Å². The first-order chi connectivity index (χ1) is 13.0. The minimum atomic E-state index is -0.891. The lowest BCUT2D eigenvalue weighted by atomic mass is 10.1. The van der Waals surface area contributed by atoms with Crippen molar-refractivity contribution in [3.8, 4) is 0 Å².